The summed E-state index contributed by atoms with van der Waals surface area (Å²) >= 11 is 0. The third-order valence-electron chi connectivity index (χ3n) is 14.6. The molecule has 72 heavy (non-hydrogen) atoms. The average Bonchev–Trinajstić information content (AvgIpc) is 4.36. The Kier molecular flexibility index (Phi) is 14.8. The van der Waals surface area contributed by atoms with Gasteiger partial charge in [-0.25, -0.2) is 18.7 Å². The molecule has 4 aliphatic rings. The summed E-state index contributed by atoms with van der Waals surface area (Å²) in [6.45, 7) is 7.50. The van der Waals surface area contributed by atoms with E-state index in [0.717, 1.165) is 97.5 Å². The minimum absolute atomic E-state index is 0.0187. The SMILES string of the molecule is CCc1nc([C@@H]2CCc3ccc([C@H](C4CC4)[C@H](C)C(=O)O)cc3O2)cnc1-c1cc(OC)ncc1F.CCc1nc([C@H]2CCc3ccc([C@H](C4CC4)[C@H](C)C(=O)O)cc3O2)cnc1-c1cc(OC)ncc1F. The molecular weight excluding hydrogens is 923 g/mol. The van der Waals surface area contributed by atoms with Crippen molar-refractivity contribution in [2.24, 2.45) is 23.7 Å². The van der Waals surface area contributed by atoms with Crippen LogP contribution in [0.1, 0.15) is 135 Å². The largest absolute Gasteiger partial charge is 0.484 e. The van der Waals surface area contributed by atoms with E-state index < -0.39 is 35.4 Å². The maximum Gasteiger partial charge on any atom is 0.306 e. The first-order valence-electron chi connectivity index (χ1n) is 24.9. The Balaban J connectivity index is 0.000000178. The number of aliphatic carboxylic acids is 2. The van der Waals surface area contributed by atoms with Crippen LogP contribution in [0.25, 0.3) is 22.5 Å². The number of pyridine rings is 2. The van der Waals surface area contributed by atoms with Crippen LogP contribution in [0.2, 0.25) is 0 Å². The second kappa shape index (κ2) is 21.3. The summed E-state index contributed by atoms with van der Waals surface area (Å²) in [6.07, 6.45) is 13.5. The number of nitrogens with zero attached hydrogens (tertiary/aromatic N) is 6. The van der Waals surface area contributed by atoms with E-state index in [9.17, 15) is 28.6 Å². The molecular formula is C56H60F2N6O8. The Hall–Kier alpha value is -7.10. The molecule has 2 N–H and O–H groups in total. The van der Waals surface area contributed by atoms with Gasteiger partial charge >= 0.3 is 11.9 Å². The van der Waals surface area contributed by atoms with Gasteiger partial charge in [0.1, 0.15) is 23.7 Å². The molecule has 2 aromatic carbocycles. The Morgan fingerprint density at radius 3 is 1.36 bits per heavy atom. The van der Waals surface area contributed by atoms with Crippen molar-refractivity contribution in [2.45, 2.75) is 116 Å². The molecule has 6 heterocycles. The number of carboxylic acid groups (broad SMARTS) is 2. The van der Waals surface area contributed by atoms with Crippen molar-refractivity contribution < 1.29 is 47.5 Å². The molecule has 2 fully saturated rings. The topological polar surface area (TPSA) is 189 Å². The highest BCUT2D eigenvalue weighted by atomic mass is 19.1. The van der Waals surface area contributed by atoms with Crippen molar-refractivity contribution in [3.05, 3.63) is 130 Å². The number of fused-ring (bicyclic) bond motifs is 2. The zero-order valence-electron chi connectivity index (χ0n) is 41.4. The van der Waals surface area contributed by atoms with Gasteiger partial charge in [0.2, 0.25) is 11.8 Å². The van der Waals surface area contributed by atoms with Crippen LogP contribution in [0.3, 0.4) is 0 Å². The fourth-order valence-corrected chi connectivity index (χ4v) is 10.3. The van der Waals surface area contributed by atoms with Gasteiger partial charge in [0.15, 0.2) is 11.6 Å². The smallest absolute Gasteiger partial charge is 0.306 e. The van der Waals surface area contributed by atoms with Crippen molar-refractivity contribution in [3.8, 4) is 45.8 Å². The molecule has 14 nitrogen and oxygen atoms in total. The zero-order chi connectivity index (χ0) is 50.8. The number of hydrogen-bond acceptors (Lipinski definition) is 12. The summed E-state index contributed by atoms with van der Waals surface area (Å²) in [5, 5.41) is 19.3. The lowest BCUT2D eigenvalue weighted by molar-refractivity contribution is -0.143. The summed E-state index contributed by atoms with van der Waals surface area (Å²) in [5.41, 5.74) is 8.54. The highest BCUT2D eigenvalue weighted by Gasteiger charge is 2.41. The van der Waals surface area contributed by atoms with Crippen LogP contribution in [0.15, 0.2) is 73.3 Å². The Morgan fingerprint density at radius 1 is 0.611 bits per heavy atom. The third-order valence-corrected chi connectivity index (χ3v) is 14.6. The fraction of sp³-hybridized carbons (Fsp3) is 0.429. The minimum atomic E-state index is -0.769. The first kappa shape index (κ1) is 49.9. The number of methoxy groups -OCH3 is 2. The Bertz CT molecular complexity index is 2790. The highest BCUT2D eigenvalue weighted by Crippen LogP contribution is 2.50. The molecule has 10 rings (SSSR count). The van der Waals surface area contributed by atoms with Crippen molar-refractivity contribution in [3.63, 3.8) is 0 Å². The van der Waals surface area contributed by atoms with E-state index in [0.29, 0.717) is 81.7 Å². The number of carboxylic acids is 2. The van der Waals surface area contributed by atoms with Crippen LogP contribution in [-0.4, -0.2) is 66.3 Å². The van der Waals surface area contributed by atoms with Gasteiger partial charge in [0.25, 0.3) is 0 Å². The Morgan fingerprint density at radius 2 is 1.01 bits per heavy atom. The average molecular weight is 983 g/mol. The molecule has 0 spiro atoms. The lowest BCUT2D eigenvalue weighted by Crippen LogP contribution is -2.22. The van der Waals surface area contributed by atoms with E-state index in [1.165, 1.54) is 26.4 Å². The van der Waals surface area contributed by atoms with Crippen molar-refractivity contribution in [2.75, 3.05) is 14.2 Å². The number of hydrogen-bond donors (Lipinski definition) is 2. The molecule has 0 bridgehead atoms. The lowest BCUT2D eigenvalue weighted by atomic mass is 9.82. The minimum Gasteiger partial charge on any atom is -0.484 e. The van der Waals surface area contributed by atoms with Gasteiger partial charge in [0.05, 0.1) is 85.0 Å². The molecule has 376 valence electrons. The van der Waals surface area contributed by atoms with E-state index >= 15 is 0 Å². The lowest BCUT2D eigenvalue weighted by Gasteiger charge is -2.28. The molecule has 2 saturated carbocycles. The highest BCUT2D eigenvalue weighted by molar-refractivity contribution is 5.72. The first-order chi connectivity index (χ1) is 34.8. The molecule has 0 unspecified atom stereocenters. The van der Waals surface area contributed by atoms with Gasteiger partial charge in [0, 0.05) is 23.3 Å². The van der Waals surface area contributed by atoms with E-state index in [1.54, 1.807) is 26.2 Å². The number of aromatic nitrogens is 6. The molecule has 0 saturated heterocycles. The van der Waals surface area contributed by atoms with Crippen molar-refractivity contribution in [1.82, 2.24) is 29.9 Å². The molecule has 6 aromatic rings. The molecule has 0 amide bonds. The van der Waals surface area contributed by atoms with Gasteiger partial charge in [-0.2, -0.15) is 0 Å². The second-order valence-electron chi connectivity index (χ2n) is 19.3. The standard InChI is InChI=1S/2C28H30FN3O4/c2*1-4-21-27(19-12-25(35-3)30-13-20(19)29)31-14-22(32-21)23-10-9-16-5-8-18(11-24(16)36-23)26(17-6-7-17)15(2)28(33)34/h2*5,8,11-15,17,23,26H,4,6-7,9-10H2,1-3H3,(H,33,34)/t15-,23+,26-;15-,23-,26-/m00/s1. The fourth-order valence-electron chi connectivity index (χ4n) is 10.3. The monoisotopic (exact) mass is 982 g/mol. The third kappa shape index (κ3) is 10.6. The van der Waals surface area contributed by atoms with Crippen LogP contribution in [0.5, 0.6) is 23.3 Å². The van der Waals surface area contributed by atoms with Gasteiger partial charge in [-0.3, -0.25) is 29.5 Å². The number of benzene rings is 2. The number of halogens is 2. The van der Waals surface area contributed by atoms with Crippen molar-refractivity contribution >= 4 is 11.9 Å². The van der Waals surface area contributed by atoms with Gasteiger partial charge in [-0.05, 0) is 122 Å². The molecule has 4 aromatic heterocycles. The first-order valence-corrected chi connectivity index (χ1v) is 24.9. The quantitative estimate of drug-likeness (QED) is 0.0931. The van der Waals surface area contributed by atoms with Crippen LogP contribution in [-0.2, 0) is 35.3 Å². The maximum atomic E-state index is 14.6. The number of ether oxygens (including phenoxy) is 4. The second-order valence-corrected chi connectivity index (χ2v) is 19.3. The van der Waals surface area contributed by atoms with Crippen molar-refractivity contribution in [1.29, 1.82) is 0 Å². The maximum absolute atomic E-state index is 14.6. The summed E-state index contributed by atoms with van der Waals surface area (Å²) < 4.78 is 52.2. The zero-order valence-corrected chi connectivity index (χ0v) is 41.4. The normalized spacial score (nSPS) is 18.6. The predicted molar refractivity (Wildman–Crippen MR) is 263 cm³/mol. The summed E-state index contributed by atoms with van der Waals surface area (Å²) in [6, 6.07) is 15.4. The van der Waals surface area contributed by atoms with Crippen LogP contribution >= 0.6 is 0 Å². The van der Waals surface area contributed by atoms with Gasteiger partial charge in [-0.15, -0.1) is 0 Å². The van der Waals surface area contributed by atoms with Crippen LogP contribution in [0.4, 0.5) is 8.78 Å². The number of carbonyl (C=O) groups is 2. The number of rotatable bonds is 16. The summed E-state index contributed by atoms with van der Waals surface area (Å²) in [5.74, 6) is -0.451. The Labute approximate surface area is 417 Å². The van der Waals surface area contributed by atoms with Gasteiger partial charge < -0.3 is 29.2 Å². The molecule has 6 atom stereocenters. The van der Waals surface area contributed by atoms with Crippen LogP contribution < -0.4 is 18.9 Å². The molecule has 0 radical (unpaired) electrons. The molecule has 2 aliphatic heterocycles. The number of aryl methyl sites for hydroxylation is 4. The summed E-state index contributed by atoms with van der Waals surface area (Å²) in [4.78, 5) is 50.1. The predicted octanol–water partition coefficient (Wildman–Crippen LogP) is 11.1. The van der Waals surface area contributed by atoms with E-state index in [2.05, 4.69) is 44.2 Å². The van der Waals surface area contributed by atoms with E-state index in [-0.39, 0.29) is 24.0 Å². The van der Waals surface area contributed by atoms with E-state index in [4.69, 9.17) is 28.9 Å². The van der Waals surface area contributed by atoms with Gasteiger partial charge in [-0.1, -0.05) is 52.0 Å². The van der Waals surface area contributed by atoms with E-state index in [1.807, 2.05) is 26.0 Å². The molecule has 16 heteroatoms. The molecule has 2 aliphatic carbocycles. The van der Waals surface area contributed by atoms with Crippen LogP contribution in [0, 0.1) is 35.3 Å². The summed E-state index contributed by atoms with van der Waals surface area (Å²) in [7, 11) is 2.97.